The van der Waals surface area contributed by atoms with Crippen molar-refractivity contribution in [3.63, 3.8) is 0 Å². The molecule has 0 saturated carbocycles. The summed E-state index contributed by atoms with van der Waals surface area (Å²) in [7, 11) is 0. The second-order valence-electron chi connectivity index (χ2n) is 1.76. The van der Waals surface area contributed by atoms with Gasteiger partial charge in [0.05, 0.1) is 0 Å². The molecule has 0 unspecified atom stereocenters. The number of aliphatic hydroxyl groups is 1. The second kappa shape index (κ2) is 3.09. The van der Waals surface area contributed by atoms with Crippen molar-refractivity contribution in [1.29, 1.82) is 0 Å². The predicted octanol–water partition coefficient (Wildman–Crippen LogP) is 0.545. The van der Waals surface area contributed by atoms with Gasteiger partial charge in [-0.2, -0.15) is 0 Å². The van der Waals surface area contributed by atoms with Crippen LogP contribution in [0.25, 0.3) is 0 Å². The monoisotopic (exact) mass is 112 g/mol. The number of ketones is 1. The van der Waals surface area contributed by atoms with E-state index in [4.69, 9.17) is 5.11 Å². The van der Waals surface area contributed by atoms with Gasteiger partial charge in [0, 0.05) is 11.8 Å². The SMILES string of the molecule is CC(C)C(=O)C#CO. The molecule has 0 saturated heterocycles. The van der Waals surface area contributed by atoms with Crippen LogP contribution in [0.15, 0.2) is 0 Å². The molecule has 1 N–H and O–H groups in total. The summed E-state index contributed by atoms with van der Waals surface area (Å²) in [6.07, 6.45) is 1.55. The van der Waals surface area contributed by atoms with Crippen LogP contribution in [-0.2, 0) is 4.79 Å². The molecule has 0 aliphatic rings. The maximum Gasteiger partial charge on any atom is 0.211 e. The van der Waals surface area contributed by atoms with Crippen LogP contribution < -0.4 is 0 Å². The van der Waals surface area contributed by atoms with E-state index in [1.807, 2.05) is 5.92 Å². The molecule has 0 amide bonds. The average Bonchev–Trinajstić information content (AvgIpc) is 1.67. The van der Waals surface area contributed by atoms with Crippen molar-refractivity contribution < 1.29 is 9.90 Å². The largest absolute Gasteiger partial charge is 0.462 e. The highest BCUT2D eigenvalue weighted by Crippen LogP contribution is 1.90. The fraction of sp³-hybridized carbons (Fsp3) is 0.500. The number of hydrogen-bond acceptors (Lipinski definition) is 2. The van der Waals surface area contributed by atoms with Crippen molar-refractivity contribution in [3.05, 3.63) is 0 Å². The van der Waals surface area contributed by atoms with E-state index in [-0.39, 0.29) is 11.7 Å². The standard InChI is InChI=1S/C6H8O2/c1-5(2)6(8)3-4-7/h5,7H,1-2H3. The third kappa shape index (κ3) is 2.25. The lowest BCUT2D eigenvalue weighted by Gasteiger charge is -1.90. The summed E-state index contributed by atoms with van der Waals surface area (Å²) < 4.78 is 0. The molecular formula is C6H8O2. The molecular weight excluding hydrogens is 104 g/mol. The minimum Gasteiger partial charge on any atom is -0.462 e. The summed E-state index contributed by atoms with van der Waals surface area (Å²) >= 11 is 0. The van der Waals surface area contributed by atoms with Gasteiger partial charge in [-0.05, 0) is 0 Å². The summed E-state index contributed by atoms with van der Waals surface area (Å²) in [6.45, 7) is 3.46. The maximum absolute atomic E-state index is 10.4. The highest BCUT2D eigenvalue weighted by Gasteiger charge is 2.00. The number of rotatable bonds is 1. The molecule has 0 radical (unpaired) electrons. The lowest BCUT2D eigenvalue weighted by atomic mass is 10.1. The third-order valence-corrected chi connectivity index (χ3v) is 0.703. The zero-order chi connectivity index (χ0) is 6.57. The zero-order valence-corrected chi connectivity index (χ0v) is 4.93. The number of carbonyl (C=O) groups excluding carboxylic acids is 1. The van der Waals surface area contributed by atoms with Crippen LogP contribution in [0, 0.1) is 17.9 Å². The van der Waals surface area contributed by atoms with Crippen molar-refractivity contribution in [2.45, 2.75) is 13.8 Å². The summed E-state index contributed by atoms with van der Waals surface area (Å²) in [6, 6.07) is 0. The molecule has 0 heterocycles. The molecule has 0 aliphatic carbocycles. The van der Waals surface area contributed by atoms with Crippen LogP contribution in [0.5, 0.6) is 0 Å². The van der Waals surface area contributed by atoms with Gasteiger partial charge in [-0.15, -0.1) is 0 Å². The van der Waals surface area contributed by atoms with E-state index >= 15 is 0 Å². The Morgan fingerprint density at radius 3 is 2.25 bits per heavy atom. The first-order chi connectivity index (χ1) is 3.68. The summed E-state index contributed by atoms with van der Waals surface area (Å²) in [5.74, 6) is 1.68. The highest BCUT2D eigenvalue weighted by atomic mass is 16.2. The molecule has 0 bridgehead atoms. The van der Waals surface area contributed by atoms with Crippen LogP contribution in [0.3, 0.4) is 0 Å². The zero-order valence-electron chi connectivity index (χ0n) is 4.93. The lowest BCUT2D eigenvalue weighted by Crippen LogP contribution is -2.02. The molecule has 0 aliphatic heterocycles. The van der Waals surface area contributed by atoms with Gasteiger partial charge < -0.3 is 5.11 Å². The van der Waals surface area contributed by atoms with E-state index in [0.29, 0.717) is 0 Å². The van der Waals surface area contributed by atoms with Crippen molar-refractivity contribution in [1.82, 2.24) is 0 Å². The fourth-order valence-electron chi connectivity index (χ4n) is 0.199. The minimum atomic E-state index is -0.229. The van der Waals surface area contributed by atoms with Gasteiger partial charge in [-0.3, -0.25) is 4.79 Å². The first kappa shape index (κ1) is 7.03. The second-order valence-corrected chi connectivity index (χ2v) is 1.76. The number of Topliss-reactive ketones (excluding diaryl/α,β-unsaturated/α-hetero) is 1. The first-order valence-electron chi connectivity index (χ1n) is 2.37. The number of aliphatic hydroxyl groups excluding tert-OH is 1. The Morgan fingerprint density at radius 2 is 2.12 bits per heavy atom. The fourth-order valence-corrected chi connectivity index (χ4v) is 0.199. The predicted molar refractivity (Wildman–Crippen MR) is 29.6 cm³/mol. The normalized spacial score (nSPS) is 7.88. The molecule has 2 nitrogen and oxygen atoms in total. The third-order valence-electron chi connectivity index (χ3n) is 0.703. The van der Waals surface area contributed by atoms with Crippen molar-refractivity contribution in [2.24, 2.45) is 5.92 Å². The van der Waals surface area contributed by atoms with Crippen LogP contribution in [-0.4, -0.2) is 10.9 Å². The first-order valence-corrected chi connectivity index (χ1v) is 2.37. The van der Waals surface area contributed by atoms with Crippen molar-refractivity contribution >= 4 is 5.78 Å². The van der Waals surface area contributed by atoms with E-state index in [0.717, 1.165) is 0 Å². The number of carbonyl (C=O) groups is 1. The molecule has 0 atom stereocenters. The molecule has 8 heavy (non-hydrogen) atoms. The lowest BCUT2D eigenvalue weighted by molar-refractivity contribution is -0.116. The molecule has 0 fully saturated rings. The van der Waals surface area contributed by atoms with Crippen molar-refractivity contribution in [2.75, 3.05) is 0 Å². The quantitative estimate of drug-likeness (QED) is 0.503. The van der Waals surface area contributed by atoms with Gasteiger partial charge in [-0.1, -0.05) is 13.8 Å². The Balaban J connectivity index is 3.78. The minimum absolute atomic E-state index is 0.102. The van der Waals surface area contributed by atoms with E-state index in [2.05, 4.69) is 0 Å². The molecule has 0 aromatic rings. The van der Waals surface area contributed by atoms with Crippen LogP contribution in [0.1, 0.15) is 13.8 Å². The van der Waals surface area contributed by atoms with Crippen molar-refractivity contribution in [3.8, 4) is 12.0 Å². The Bertz CT molecular complexity index is 136. The number of hydrogen-bond donors (Lipinski definition) is 1. The smallest absolute Gasteiger partial charge is 0.211 e. The topological polar surface area (TPSA) is 37.3 Å². The van der Waals surface area contributed by atoms with Gasteiger partial charge in [-0.25, -0.2) is 0 Å². The van der Waals surface area contributed by atoms with Gasteiger partial charge in [0.1, 0.15) is 6.11 Å². The van der Waals surface area contributed by atoms with Gasteiger partial charge in [0.25, 0.3) is 0 Å². The summed E-state index contributed by atoms with van der Waals surface area (Å²) in [4.78, 5) is 10.4. The maximum atomic E-state index is 10.4. The molecule has 44 valence electrons. The Labute approximate surface area is 48.5 Å². The van der Waals surface area contributed by atoms with Crippen LogP contribution in [0.2, 0.25) is 0 Å². The van der Waals surface area contributed by atoms with E-state index in [1.54, 1.807) is 20.0 Å². The molecule has 2 heteroatoms. The highest BCUT2D eigenvalue weighted by molar-refractivity contribution is 5.96. The Morgan fingerprint density at radius 1 is 1.62 bits per heavy atom. The van der Waals surface area contributed by atoms with E-state index in [1.165, 1.54) is 0 Å². The Kier molecular flexibility index (Phi) is 2.71. The Hall–Kier alpha value is -0.970. The summed E-state index contributed by atoms with van der Waals surface area (Å²) in [5.41, 5.74) is 0. The van der Waals surface area contributed by atoms with E-state index in [9.17, 15) is 4.79 Å². The van der Waals surface area contributed by atoms with Gasteiger partial charge in [0.15, 0.2) is 0 Å². The van der Waals surface area contributed by atoms with Crippen LogP contribution >= 0.6 is 0 Å². The van der Waals surface area contributed by atoms with Crippen LogP contribution in [0.4, 0.5) is 0 Å². The molecule has 0 rings (SSSR count). The summed E-state index contributed by atoms with van der Waals surface area (Å²) in [5, 5.41) is 7.90. The van der Waals surface area contributed by atoms with E-state index < -0.39 is 0 Å². The molecule has 0 aromatic heterocycles. The van der Waals surface area contributed by atoms with Gasteiger partial charge in [0.2, 0.25) is 5.78 Å². The molecule has 0 aromatic carbocycles. The van der Waals surface area contributed by atoms with Gasteiger partial charge >= 0.3 is 0 Å². The molecule has 0 spiro atoms. The average molecular weight is 112 g/mol.